The molecule has 0 bridgehead atoms. The van der Waals surface area contributed by atoms with Gasteiger partial charge in [-0.25, -0.2) is 4.98 Å². The van der Waals surface area contributed by atoms with E-state index in [-0.39, 0.29) is 12.4 Å². The van der Waals surface area contributed by atoms with Gasteiger partial charge >= 0.3 is 0 Å². The number of imidazole rings is 1. The van der Waals surface area contributed by atoms with Crippen molar-refractivity contribution in [2.45, 2.75) is 26.3 Å². The first-order chi connectivity index (χ1) is 7.88. The zero-order valence-corrected chi connectivity index (χ0v) is 11.3. The first kappa shape index (κ1) is 14.5. The molecule has 1 unspecified atom stereocenters. The molecule has 2 rings (SSSR count). The molecule has 1 atom stereocenters. The zero-order valence-electron chi connectivity index (χ0n) is 10.5. The number of H-pyrrole nitrogens is 1. The normalized spacial score (nSPS) is 21.1. The van der Waals surface area contributed by atoms with Gasteiger partial charge < -0.3 is 15.2 Å². The highest BCUT2D eigenvalue weighted by atomic mass is 35.5. The Balaban J connectivity index is 0.00000144. The van der Waals surface area contributed by atoms with Crippen LogP contribution in [0.5, 0.6) is 0 Å². The predicted molar refractivity (Wildman–Crippen MR) is 72.4 cm³/mol. The Morgan fingerprint density at radius 1 is 1.59 bits per heavy atom. The number of likely N-dealkylation sites (tertiary alicyclic amines) is 1. The quantitative estimate of drug-likeness (QED) is 0.844. The van der Waals surface area contributed by atoms with Crippen molar-refractivity contribution < 1.29 is 0 Å². The fourth-order valence-electron chi connectivity index (χ4n) is 2.40. The van der Waals surface area contributed by atoms with E-state index in [0.717, 1.165) is 19.0 Å². The molecule has 1 aromatic rings. The Hall–Kier alpha value is -0.580. The molecule has 98 valence electrons. The van der Waals surface area contributed by atoms with Gasteiger partial charge in [0.05, 0.1) is 6.33 Å². The van der Waals surface area contributed by atoms with Gasteiger partial charge in [0.1, 0.15) is 0 Å². The van der Waals surface area contributed by atoms with Crippen molar-refractivity contribution in [3.63, 3.8) is 0 Å². The van der Waals surface area contributed by atoms with E-state index in [2.05, 4.69) is 27.1 Å². The molecule has 17 heavy (non-hydrogen) atoms. The largest absolute Gasteiger partial charge is 0.347 e. The second kappa shape index (κ2) is 7.69. The molecule has 0 aromatic carbocycles. The highest BCUT2D eigenvalue weighted by Crippen LogP contribution is 2.15. The Morgan fingerprint density at radius 3 is 3.18 bits per heavy atom. The van der Waals surface area contributed by atoms with E-state index in [4.69, 9.17) is 0 Å². The molecule has 4 nitrogen and oxygen atoms in total. The van der Waals surface area contributed by atoms with Crippen molar-refractivity contribution in [2.75, 3.05) is 26.2 Å². The zero-order chi connectivity index (χ0) is 11.2. The molecule has 0 radical (unpaired) electrons. The summed E-state index contributed by atoms with van der Waals surface area (Å²) in [7, 11) is 0. The molecule has 1 fully saturated rings. The maximum absolute atomic E-state index is 4.01. The number of rotatable bonds is 5. The van der Waals surface area contributed by atoms with E-state index in [0.29, 0.717) is 0 Å². The van der Waals surface area contributed by atoms with Gasteiger partial charge in [0.2, 0.25) is 0 Å². The monoisotopic (exact) mass is 258 g/mol. The van der Waals surface area contributed by atoms with E-state index in [9.17, 15) is 0 Å². The topological polar surface area (TPSA) is 44.0 Å². The van der Waals surface area contributed by atoms with Crippen LogP contribution in [0.15, 0.2) is 12.5 Å². The molecule has 1 saturated heterocycles. The Kier molecular flexibility index (Phi) is 6.55. The number of aromatic nitrogens is 2. The number of nitrogens with zero attached hydrogens (tertiary/aromatic N) is 2. The summed E-state index contributed by atoms with van der Waals surface area (Å²) in [5, 5.41) is 3.50. The summed E-state index contributed by atoms with van der Waals surface area (Å²) >= 11 is 0. The third kappa shape index (κ3) is 4.66. The molecule has 0 aliphatic carbocycles. The predicted octanol–water partition coefficient (Wildman–Crippen LogP) is 1.65. The fraction of sp³-hybridized carbons (Fsp3) is 0.750. The Morgan fingerprint density at radius 2 is 2.47 bits per heavy atom. The lowest BCUT2D eigenvalue weighted by molar-refractivity contribution is 0.180. The average molecular weight is 259 g/mol. The van der Waals surface area contributed by atoms with Crippen molar-refractivity contribution >= 4 is 12.4 Å². The first-order valence-corrected chi connectivity index (χ1v) is 6.28. The van der Waals surface area contributed by atoms with Crippen LogP contribution in [0.25, 0.3) is 0 Å². The molecule has 1 aliphatic rings. The minimum atomic E-state index is 0. The van der Waals surface area contributed by atoms with Gasteiger partial charge in [0.15, 0.2) is 0 Å². The minimum Gasteiger partial charge on any atom is -0.347 e. The molecule has 0 spiro atoms. The van der Waals surface area contributed by atoms with Crippen LogP contribution in [-0.4, -0.2) is 41.0 Å². The van der Waals surface area contributed by atoms with E-state index in [1.807, 2.05) is 6.20 Å². The number of hydrogen-bond acceptors (Lipinski definition) is 3. The van der Waals surface area contributed by atoms with Gasteiger partial charge in [-0.05, 0) is 38.4 Å². The van der Waals surface area contributed by atoms with Crippen LogP contribution in [0.3, 0.4) is 0 Å². The highest BCUT2D eigenvalue weighted by molar-refractivity contribution is 5.85. The minimum absolute atomic E-state index is 0. The standard InChI is InChI=1S/C12H22N4.ClH/c1-2-16-5-3-4-11(9-16)6-13-7-12-8-14-10-15-12;/h8,10-11,13H,2-7,9H2,1H3,(H,14,15);1H. The van der Waals surface area contributed by atoms with Crippen LogP contribution < -0.4 is 5.32 Å². The van der Waals surface area contributed by atoms with Gasteiger partial charge in [-0.15, -0.1) is 12.4 Å². The summed E-state index contributed by atoms with van der Waals surface area (Å²) in [6.45, 7) is 8.01. The Labute approximate surface area is 110 Å². The molecule has 1 aromatic heterocycles. The summed E-state index contributed by atoms with van der Waals surface area (Å²) in [6, 6.07) is 0. The van der Waals surface area contributed by atoms with E-state index >= 15 is 0 Å². The maximum Gasteiger partial charge on any atom is 0.0922 e. The van der Waals surface area contributed by atoms with Crippen LogP contribution in [0, 0.1) is 5.92 Å². The lowest BCUT2D eigenvalue weighted by Gasteiger charge is -2.31. The second-order valence-corrected chi connectivity index (χ2v) is 4.61. The van der Waals surface area contributed by atoms with Crippen LogP contribution in [-0.2, 0) is 6.54 Å². The highest BCUT2D eigenvalue weighted by Gasteiger charge is 2.17. The van der Waals surface area contributed by atoms with E-state index < -0.39 is 0 Å². The van der Waals surface area contributed by atoms with Gasteiger partial charge in [-0.1, -0.05) is 6.92 Å². The smallest absolute Gasteiger partial charge is 0.0922 e. The molecule has 0 saturated carbocycles. The lowest BCUT2D eigenvalue weighted by atomic mass is 9.98. The third-order valence-electron chi connectivity index (χ3n) is 3.35. The van der Waals surface area contributed by atoms with Crippen molar-refractivity contribution in [2.24, 2.45) is 5.92 Å². The molecular formula is C12H23ClN4. The maximum atomic E-state index is 4.01. The lowest BCUT2D eigenvalue weighted by Crippen LogP contribution is -2.39. The Bertz CT molecular complexity index is 289. The molecule has 2 N–H and O–H groups in total. The number of hydrogen-bond donors (Lipinski definition) is 2. The van der Waals surface area contributed by atoms with Gasteiger partial charge in [-0.3, -0.25) is 0 Å². The van der Waals surface area contributed by atoms with E-state index in [1.54, 1.807) is 6.33 Å². The first-order valence-electron chi connectivity index (χ1n) is 6.28. The van der Waals surface area contributed by atoms with Gasteiger partial charge in [-0.2, -0.15) is 0 Å². The van der Waals surface area contributed by atoms with Crippen LogP contribution >= 0.6 is 12.4 Å². The molecule has 0 amide bonds. The third-order valence-corrected chi connectivity index (χ3v) is 3.35. The fourth-order valence-corrected chi connectivity index (χ4v) is 2.40. The molecule has 5 heteroatoms. The van der Waals surface area contributed by atoms with Crippen LogP contribution in [0.1, 0.15) is 25.5 Å². The number of piperidine rings is 1. The number of halogens is 1. The van der Waals surface area contributed by atoms with Crippen molar-refractivity contribution in [3.05, 3.63) is 18.2 Å². The van der Waals surface area contributed by atoms with Crippen LogP contribution in [0.2, 0.25) is 0 Å². The number of aromatic amines is 1. The molecular weight excluding hydrogens is 236 g/mol. The SMILES string of the molecule is CCN1CCCC(CNCc2cnc[nH]2)C1.Cl. The second-order valence-electron chi connectivity index (χ2n) is 4.61. The van der Waals surface area contributed by atoms with Gasteiger partial charge in [0, 0.05) is 25.0 Å². The summed E-state index contributed by atoms with van der Waals surface area (Å²) in [5.41, 5.74) is 1.17. The summed E-state index contributed by atoms with van der Waals surface area (Å²) < 4.78 is 0. The molecule has 2 heterocycles. The average Bonchev–Trinajstić information content (AvgIpc) is 2.82. The summed E-state index contributed by atoms with van der Waals surface area (Å²) in [4.78, 5) is 9.67. The summed E-state index contributed by atoms with van der Waals surface area (Å²) in [6.07, 6.45) is 6.33. The van der Waals surface area contributed by atoms with E-state index in [1.165, 1.54) is 38.2 Å². The van der Waals surface area contributed by atoms with Gasteiger partial charge in [0.25, 0.3) is 0 Å². The number of nitrogens with one attached hydrogen (secondary N) is 2. The summed E-state index contributed by atoms with van der Waals surface area (Å²) in [5.74, 6) is 0.816. The molecule has 1 aliphatic heterocycles. The van der Waals surface area contributed by atoms with Crippen molar-refractivity contribution in [3.8, 4) is 0 Å². The van der Waals surface area contributed by atoms with Crippen LogP contribution in [0.4, 0.5) is 0 Å². The van der Waals surface area contributed by atoms with Crippen molar-refractivity contribution in [1.29, 1.82) is 0 Å². The van der Waals surface area contributed by atoms with Crippen molar-refractivity contribution in [1.82, 2.24) is 20.2 Å².